The van der Waals surface area contributed by atoms with Gasteiger partial charge in [-0.1, -0.05) is 30.3 Å². The van der Waals surface area contributed by atoms with Gasteiger partial charge in [0, 0.05) is 12.8 Å². The fourth-order valence-electron chi connectivity index (χ4n) is 3.92. The zero-order valence-corrected chi connectivity index (χ0v) is 14.9. The van der Waals surface area contributed by atoms with Gasteiger partial charge in [-0.3, -0.25) is 0 Å². The summed E-state index contributed by atoms with van der Waals surface area (Å²) in [6.07, 6.45) is 1.53. The van der Waals surface area contributed by atoms with Gasteiger partial charge in [-0.25, -0.2) is 13.6 Å². The Kier molecular flexibility index (Phi) is 5.92. The molecule has 26 heavy (non-hydrogen) atoms. The summed E-state index contributed by atoms with van der Waals surface area (Å²) in [6, 6.07) is 8.68. The fourth-order valence-corrected chi connectivity index (χ4v) is 3.92. The summed E-state index contributed by atoms with van der Waals surface area (Å²) in [5, 5.41) is 14.5. The van der Waals surface area contributed by atoms with Crippen molar-refractivity contribution in [3.05, 3.63) is 35.9 Å². The monoisotopic (exact) mass is 367 g/mol. The summed E-state index contributed by atoms with van der Waals surface area (Å²) in [7, 11) is 0. The highest BCUT2D eigenvalue weighted by molar-refractivity contribution is 5.81. The zero-order valence-electron chi connectivity index (χ0n) is 14.9. The van der Waals surface area contributed by atoms with Gasteiger partial charge in [-0.15, -0.1) is 0 Å². The summed E-state index contributed by atoms with van der Waals surface area (Å²) < 4.78 is 32.1. The third kappa shape index (κ3) is 4.60. The summed E-state index contributed by atoms with van der Waals surface area (Å²) in [6.45, 7) is 1.88. The van der Waals surface area contributed by atoms with E-state index in [0.717, 1.165) is 25.9 Å². The maximum Gasteiger partial charge on any atom is 0.343 e. The van der Waals surface area contributed by atoms with E-state index in [4.69, 9.17) is 4.74 Å². The number of halogens is 2. The largest absolute Gasteiger partial charge is 0.460 e. The lowest BCUT2D eigenvalue weighted by molar-refractivity contribution is -0.174. The predicted molar refractivity (Wildman–Crippen MR) is 93.8 cm³/mol. The number of esters is 1. The van der Waals surface area contributed by atoms with E-state index in [1.807, 2.05) is 0 Å². The van der Waals surface area contributed by atoms with Crippen molar-refractivity contribution in [1.29, 1.82) is 0 Å². The van der Waals surface area contributed by atoms with Crippen molar-refractivity contribution in [3.63, 3.8) is 0 Å². The zero-order chi connectivity index (χ0) is 18.6. The molecule has 4 nitrogen and oxygen atoms in total. The number of piperidine rings is 1. The summed E-state index contributed by atoms with van der Waals surface area (Å²) >= 11 is 0. The average molecular weight is 367 g/mol. The van der Waals surface area contributed by atoms with Crippen LogP contribution in [0.2, 0.25) is 0 Å². The van der Waals surface area contributed by atoms with Crippen LogP contribution in [0.25, 0.3) is 0 Å². The number of carbonyl (C=O) groups excluding carboxylic acids is 1. The van der Waals surface area contributed by atoms with Crippen molar-refractivity contribution in [2.45, 2.75) is 62.6 Å². The van der Waals surface area contributed by atoms with Crippen LogP contribution >= 0.6 is 0 Å². The van der Waals surface area contributed by atoms with E-state index in [1.54, 1.807) is 30.3 Å². The minimum atomic E-state index is -2.79. The molecule has 1 aromatic rings. The molecule has 2 unspecified atom stereocenters. The fraction of sp³-hybridized carbons (Fsp3) is 0.650. The maximum absolute atomic E-state index is 13.4. The topological polar surface area (TPSA) is 58.6 Å². The predicted octanol–water partition coefficient (Wildman–Crippen LogP) is 3.39. The SMILES string of the molecule is O=C(OC1CCC(F)(F)C1)C(O)(CCC1CCNCC1)c1ccccc1. The van der Waals surface area contributed by atoms with Crippen molar-refractivity contribution in [3.8, 4) is 0 Å². The van der Waals surface area contributed by atoms with Gasteiger partial charge in [0.1, 0.15) is 6.10 Å². The standard InChI is InChI=1S/C20H27F2NO3/c21-19(22)10-7-17(14-19)26-18(24)20(25,16-4-2-1-3-5-16)11-6-15-8-12-23-13-9-15/h1-5,15,17,23,25H,6-14H2. The molecule has 1 heterocycles. The van der Waals surface area contributed by atoms with Crippen LogP contribution in [0, 0.1) is 5.92 Å². The van der Waals surface area contributed by atoms with Crippen LogP contribution in [0.15, 0.2) is 30.3 Å². The van der Waals surface area contributed by atoms with E-state index >= 15 is 0 Å². The van der Waals surface area contributed by atoms with E-state index in [0.29, 0.717) is 17.9 Å². The molecule has 0 spiro atoms. The van der Waals surface area contributed by atoms with E-state index in [2.05, 4.69) is 5.32 Å². The molecule has 3 rings (SSSR count). The van der Waals surface area contributed by atoms with Gasteiger partial charge in [0.25, 0.3) is 5.92 Å². The highest BCUT2D eigenvalue weighted by Crippen LogP contribution is 2.38. The minimum absolute atomic E-state index is 0.137. The number of nitrogens with one attached hydrogen (secondary N) is 1. The number of hydrogen-bond donors (Lipinski definition) is 2. The molecule has 1 saturated heterocycles. The molecule has 0 aromatic heterocycles. The van der Waals surface area contributed by atoms with Crippen molar-refractivity contribution < 1.29 is 23.4 Å². The highest BCUT2D eigenvalue weighted by atomic mass is 19.3. The Morgan fingerprint density at radius 2 is 1.92 bits per heavy atom. The Morgan fingerprint density at radius 1 is 1.23 bits per heavy atom. The first-order valence-corrected chi connectivity index (χ1v) is 9.47. The Morgan fingerprint density at radius 3 is 2.54 bits per heavy atom. The van der Waals surface area contributed by atoms with Crippen molar-refractivity contribution in [2.75, 3.05) is 13.1 Å². The molecule has 1 aromatic carbocycles. The summed E-state index contributed by atoms with van der Waals surface area (Å²) in [4.78, 5) is 12.8. The molecule has 2 atom stereocenters. The third-order valence-corrected chi connectivity index (χ3v) is 5.59. The summed E-state index contributed by atoms with van der Waals surface area (Å²) in [5.41, 5.74) is -1.33. The Balaban J connectivity index is 1.71. The van der Waals surface area contributed by atoms with Gasteiger partial charge >= 0.3 is 5.97 Å². The van der Waals surface area contributed by atoms with Crippen molar-refractivity contribution in [1.82, 2.24) is 5.32 Å². The van der Waals surface area contributed by atoms with Gasteiger partial charge in [-0.05, 0) is 56.7 Å². The molecule has 6 heteroatoms. The molecule has 144 valence electrons. The van der Waals surface area contributed by atoms with E-state index in [-0.39, 0.29) is 19.3 Å². The van der Waals surface area contributed by atoms with Gasteiger partial charge in [0.15, 0.2) is 5.60 Å². The molecular formula is C20H27F2NO3. The van der Waals surface area contributed by atoms with Crippen LogP contribution in [-0.4, -0.2) is 36.2 Å². The van der Waals surface area contributed by atoms with E-state index in [1.165, 1.54) is 0 Å². The van der Waals surface area contributed by atoms with Crippen LogP contribution in [0.5, 0.6) is 0 Å². The van der Waals surface area contributed by atoms with Gasteiger partial charge < -0.3 is 15.2 Å². The van der Waals surface area contributed by atoms with Crippen molar-refractivity contribution >= 4 is 5.97 Å². The molecule has 0 amide bonds. The highest BCUT2D eigenvalue weighted by Gasteiger charge is 2.45. The number of ether oxygens (including phenoxy) is 1. The number of benzene rings is 1. The Hall–Kier alpha value is -1.53. The van der Waals surface area contributed by atoms with Crippen LogP contribution in [0.3, 0.4) is 0 Å². The number of rotatable bonds is 6. The molecule has 0 bridgehead atoms. The molecule has 2 aliphatic rings. The quantitative estimate of drug-likeness (QED) is 0.757. The Bertz CT molecular complexity index is 604. The van der Waals surface area contributed by atoms with E-state index in [9.17, 15) is 18.7 Å². The lowest BCUT2D eigenvalue weighted by Gasteiger charge is -2.31. The molecule has 0 radical (unpaired) electrons. The average Bonchev–Trinajstić information content (AvgIpc) is 2.99. The van der Waals surface area contributed by atoms with E-state index < -0.39 is 30.0 Å². The second-order valence-electron chi connectivity index (χ2n) is 7.58. The first-order chi connectivity index (χ1) is 12.4. The lowest BCUT2D eigenvalue weighted by Crippen LogP contribution is -2.40. The number of alkyl halides is 2. The molecule has 1 saturated carbocycles. The molecule has 1 aliphatic heterocycles. The van der Waals surface area contributed by atoms with Gasteiger partial charge in [0.05, 0.1) is 0 Å². The maximum atomic E-state index is 13.4. The first-order valence-electron chi connectivity index (χ1n) is 9.47. The minimum Gasteiger partial charge on any atom is -0.460 e. The van der Waals surface area contributed by atoms with Crippen LogP contribution in [0.1, 0.15) is 50.5 Å². The number of carbonyl (C=O) groups is 1. The van der Waals surface area contributed by atoms with Crippen LogP contribution in [-0.2, 0) is 15.1 Å². The lowest BCUT2D eigenvalue weighted by atomic mass is 9.83. The van der Waals surface area contributed by atoms with Gasteiger partial charge in [0.2, 0.25) is 0 Å². The molecule has 2 N–H and O–H groups in total. The number of hydrogen-bond acceptors (Lipinski definition) is 4. The normalized spacial score (nSPS) is 25.6. The second-order valence-corrected chi connectivity index (χ2v) is 7.58. The Labute approximate surface area is 152 Å². The third-order valence-electron chi connectivity index (χ3n) is 5.59. The second kappa shape index (κ2) is 8.01. The molecular weight excluding hydrogens is 340 g/mol. The van der Waals surface area contributed by atoms with Gasteiger partial charge in [-0.2, -0.15) is 0 Å². The summed E-state index contributed by atoms with van der Waals surface area (Å²) in [5.74, 6) is -3.15. The first kappa shape index (κ1) is 19.2. The number of aliphatic hydroxyl groups is 1. The molecule has 1 aliphatic carbocycles. The molecule has 2 fully saturated rings. The smallest absolute Gasteiger partial charge is 0.343 e. The van der Waals surface area contributed by atoms with Crippen LogP contribution < -0.4 is 5.32 Å². The van der Waals surface area contributed by atoms with Crippen molar-refractivity contribution in [2.24, 2.45) is 5.92 Å². The van der Waals surface area contributed by atoms with Crippen LogP contribution in [0.4, 0.5) is 8.78 Å².